The molecule has 1 aromatic rings. The van der Waals surface area contributed by atoms with Crippen LogP contribution in [0.25, 0.3) is 0 Å². The van der Waals surface area contributed by atoms with Crippen molar-refractivity contribution in [3.8, 4) is 0 Å². The lowest BCUT2D eigenvalue weighted by atomic mass is 10.2. The number of hydrogen-bond donors (Lipinski definition) is 3. The van der Waals surface area contributed by atoms with E-state index in [2.05, 4.69) is 14.8 Å². The van der Waals surface area contributed by atoms with Crippen LogP contribution in [0.4, 0.5) is 5.69 Å². The summed E-state index contributed by atoms with van der Waals surface area (Å²) < 4.78 is 30.5. The van der Waals surface area contributed by atoms with Gasteiger partial charge in [-0.2, -0.15) is 4.72 Å². The van der Waals surface area contributed by atoms with E-state index in [0.29, 0.717) is 18.7 Å². The number of sulfonamides is 1. The Morgan fingerprint density at radius 3 is 2.68 bits per heavy atom. The molecule has 0 aromatic heterocycles. The average Bonchev–Trinajstić information content (AvgIpc) is 2.51. The molecule has 0 saturated carbocycles. The van der Waals surface area contributed by atoms with Gasteiger partial charge in [-0.05, 0) is 31.2 Å². The molecule has 4 N–H and O–H groups in total. The van der Waals surface area contributed by atoms with E-state index >= 15 is 0 Å². The number of anilines is 1. The zero-order valence-corrected chi connectivity index (χ0v) is 13.0. The van der Waals surface area contributed by atoms with E-state index < -0.39 is 22.5 Å². The van der Waals surface area contributed by atoms with Crippen molar-refractivity contribution in [1.82, 2.24) is 4.72 Å². The quantitative estimate of drug-likeness (QED) is 0.567. The van der Waals surface area contributed by atoms with Crippen molar-refractivity contribution in [2.75, 3.05) is 25.5 Å². The summed E-state index contributed by atoms with van der Waals surface area (Å²) in [6, 6.07) is 5.72. The summed E-state index contributed by atoms with van der Waals surface area (Å²) in [5, 5.41) is 2.59. The number of carbonyl (C=O) groups is 2. The van der Waals surface area contributed by atoms with E-state index in [1.807, 2.05) is 0 Å². The van der Waals surface area contributed by atoms with Crippen LogP contribution in [-0.2, 0) is 24.3 Å². The minimum Gasteiger partial charge on any atom is -0.468 e. The predicted octanol–water partition coefficient (Wildman–Crippen LogP) is -0.185. The van der Waals surface area contributed by atoms with E-state index in [1.165, 1.54) is 18.2 Å². The summed E-state index contributed by atoms with van der Waals surface area (Å²) >= 11 is 0. The SMILES string of the molecule is COC(=O)CNS(=O)(=O)c1cccc(NC(=O)CCCN)c1. The van der Waals surface area contributed by atoms with Gasteiger partial charge in [-0.1, -0.05) is 6.07 Å². The number of amides is 1. The molecule has 1 rings (SSSR count). The Morgan fingerprint density at radius 1 is 1.32 bits per heavy atom. The molecule has 0 unspecified atom stereocenters. The molecule has 0 aliphatic heterocycles. The van der Waals surface area contributed by atoms with Gasteiger partial charge in [-0.25, -0.2) is 8.42 Å². The van der Waals surface area contributed by atoms with Gasteiger partial charge >= 0.3 is 5.97 Å². The summed E-state index contributed by atoms with van der Waals surface area (Å²) in [5.41, 5.74) is 5.67. The van der Waals surface area contributed by atoms with Gasteiger partial charge in [-0.15, -0.1) is 0 Å². The van der Waals surface area contributed by atoms with Gasteiger partial charge in [0.15, 0.2) is 0 Å². The molecule has 0 fully saturated rings. The summed E-state index contributed by atoms with van der Waals surface area (Å²) in [6.07, 6.45) is 0.804. The average molecular weight is 329 g/mol. The van der Waals surface area contributed by atoms with Gasteiger partial charge in [0.2, 0.25) is 15.9 Å². The van der Waals surface area contributed by atoms with Crippen LogP contribution >= 0.6 is 0 Å². The van der Waals surface area contributed by atoms with Crippen LogP contribution in [0.2, 0.25) is 0 Å². The fourth-order valence-electron chi connectivity index (χ4n) is 1.54. The van der Waals surface area contributed by atoms with E-state index in [1.54, 1.807) is 6.07 Å². The first-order valence-corrected chi connectivity index (χ1v) is 8.04. The van der Waals surface area contributed by atoms with Crippen LogP contribution in [0.15, 0.2) is 29.2 Å². The molecule has 22 heavy (non-hydrogen) atoms. The van der Waals surface area contributed by atoms with Crippen molar-refractivity contribution in [3.05, 3.63) is 24.3 Å². The second-order valence-electron chi connectivity index (χ2n) is 4.37. The van der Waals surface area contributed by atoms with Crippen LogP contribution in [0.3, 0.4) is 0 Å². The Labute approximate surface area is 129 Å². The summed E-state index contributed by atoms with van der Waals surface area (Å²) in [6.45, 7) is -0.0643. The molecule has 9 heteroatoms. The molecule has 0 heterocycles. The zero-order chi connectivity index (χ0) is 16.6. The number of nitrogens with one attached hydrogen (secondary N) is 2. The Kier molecular flexibility index (Phi) is 6.96. The summed E-state index contributed by atoms with van der Waals surface area (Å²) in [5.74, 6) is -0.947. The molecular weight excluding hydrogens is 310 g/mol. The molecule has 8 nitrogen and oxygen atoms in total. The highest BCUT2D eigenvalue weighted by Gasteiger charge is 2.16. The van der Waals surface area contributed by atoms with Crippen LogP contribution in [-0.4, -0.2) is 40.5 Å². The first-order chi connectivity index (χ1) is 10.4. The van der Waals surface area contributed by atoms with Crippen molar-refractivity contribution in [2.45, 2.75) is 17.7 Å². The second-order valence-corrected chi connectivity index (χ2v) is 6.14. The molecule has 0 bridgehead atoms. The molecule has 0 radical (unpaired) electrons. The molecule has 0 aliphatic rings. The largest absolute Gasteiger partial charge is 0.468 e. The van der Waals surface area contributed by atoms with Gasteiger partial charge in [0.05, 0.1) is 12.0 Å². The smallest absolute Gasteiger partial charge is 0.320 e. The fraction of sp³-hybridized carbons (Fsp3) is 0.385. The van der Waals surface area contributed by atoms with Crippen LogP contribution < -0.4 is 15.8 Å². The standard InChI is InChI=1S/C13H19N3O5S/c1-21-13(18)9-15-22(19,20)11-5-2-4-10(8-11)16-12(17)6-3-7-14/h2,4-5,8,15H,3,6-7,9,14H2,1H3,(H,16,17). The van der Waals surface area contributed by atoms with Gasteiger partial charge < -0.3 is 15.8 Å². The molecule has 0 atom stereocenters. The van der Waals surface area contributed by atoms with Crippen molar-refractivity contribution < 1.29 is 22.7 Å². The maximum absolute atomic E-state index is 12.0. The molecule has 1 amide bonds. The number of esters is 1. The highest BCUT2D eigenvalue weighted by atomic mass is 32.2. The number of hydrogen-bond acceptors (Lipinski definition) is 6. The lowest BCUT2D eigenvalue weighted by Crippen LogP contribution is -2.30. The molecule has 1 aromatic carbocycles. The van der Waals surface area contributed by atoms with Gasteiger partial charge in [0, 0.05) is 12.1 Å². The summed E-state index contributed by atoms with van der Waals surface area (Å²) in [4.78, 5) is 22.5. The maximum Gasteiger partial charge on any atom is 0.320 e. The van der Waals surface area contributed by atoms with E-state index in [9.17, 15) is 18.0 Å². The monoisotopic (exact) mass is 329 g/mol. The number of nitrogens with two attached hydrogens (primary N) is 1. The van der Waals surface area contributed by atoms with Crippen molar-refractivity contribution in [3.63, 3.8) is 0 Å². The molecular formula is C13H19N3O5S. The summed E-state index contributed by atoms with van der Waals surface area (Å²) in [7, 11) is -2.70. The Bertz CT molecular complexity index is 630. The minimum absolute atomic E-state index is 0.0620. The molecule has 122 valence electrons. The number of carbonyl (C=O) groups excluding carboxylic acids is 2. The predicted molar refractivity (Wildman–Crippen MR) is 80.6 cm³/mol. The Hall–Kier alpha value is -1.97. The first-order valence-electron chi connectivity index (χ1n) is 6.55. The minimum atomic E-state index is -3.86. The van der Waals surface area contributed by atoms with Gasteiger partial charge in [-0.3, -0.25) is 9.59 Å². The lowest BCUT2D eigenvalue weighted by Gasteiger charge is -2.09. The molecule has 0 spiro atoms. The van der Waals surface area contributed by atoms with E-state index in [0.717, 1.165) is 7.11 Å². The third-order valence-electron chi connectivity index (χ3n) is 2.67. The normalized spacial score (nSPS) is 11.0. The van der Waals surface area contributed by atoms with Crippen LogP contribution in [0.1, 0.15) is 12.8 Å². The van der Waals surface area contributed by atoms with E-state index in [4.69, 9.17) is 5.73 Å². The molecule has 0 aliphatic carbocycles. The highest BCUT2D eigenvalue weighted by Crippen LogP contribution is 2.15. The first kappa shape index (κ1) is 18.1. The van der Waals surface area contributed by atoms with Gasteiger partial charge in [0.25, 0.3) is 0 Å². The van der Waals surface area contributed by atoms with Crippen molar-refractivity contribution in [2.24, 2.45) is 5.73 Å². The lowest BCUT2D eigenvalue weighted by molar-refractivity contribution is -0.139. The number of rotatable bonds is 8. The Balaban J connectivity index is 2.78. The van der Waals surface area contributed by atoms with Crippen LogP contribution in [0, 0.1) is 0 Å². The zero-order valence-electron chi connectivity index (χ0n) is 12.2. The highest BCUT2D eigenvalue weighted by molar-refractivity contribution is 7.89. The molecule has 0 saturated heterocycles. The Morgan fingerprint density at radius 2 is 2.05 bits per heavy atom. The van der Waals surface area contributed by atoms with Gasteiger partial charge in [0.1, 0.15) is 6.54 Å². The third kappa shape index (κ3) is 5.80. The van der Waals surface area contributed by atoms with E-state index in [-0.39, 0.29) is 17.2 Å². The van der Waals surface area contributed by atoms with Crippen molar-refractivity contribution >= 4 is 27.6 Å². The number of benzene rings is 1. The maximum atomic E-state index is 12.0. The van der Waals surface area contributed by atoms with Crippen molar-refractivity contribution in [1.29, 1.82) is 0 Å². The third-order valence-corrected chi connectivity index (χ3v) is 4.07. The number of methoxy groups -OCH3 is 1. The number of ether oxygens (including phenoxy) is 1. The second kappa shape index (κ2) is 8.47. The fourth-order valence-corrected chi connectivity index (χ4v) is 2.55. The van der Waals surface area contributed by atoms with Crippen LogP contribution in [0.5, 0.6) is 0 Å². The topological polar surface area (TPSA) is 128 Å².